The van der Waals surface area contributed by atoms with Crippen molar-refractivity contribution in [2.45, 2.75) is 63.6 Å². The van der Waals surface area contributed by atoms with Crippen molar-refractivity contribution in [1.29, 1.82) is 0 Å². The van der Waals surface area contributed by atoms with E-state index in [-0.39, 0.29) is 17.3 Å². The molecule has 0 aliphatic carbocycles. The molecule has 4 fully saturated rings. The number of aryl methyl sites for hydroxylation is 1. The number of hydrogen-bond acceptors (Lipinski definition) is 6. The molecule has 1 atom stereocenters. The molecule has 1 spiro atoms. The van der Waals surface area contributed by atoms with Gasteiger partial charge in [-0.2, -0.15) is 9.78 Å². The van der Waals surface area contributed by atoms with Gasteiger partial charge in [-0.15, -0.1) is 0 Å². The first-order valence-corrected chi connectivity index (χ1v) is 13.8. The number of carboxylic acid groups (broad SMARTS) is 1. The number of fused-ring (bicyclic) bond motifs is 1. The molecule has 5 heterocycles. The molecular weight excluding hydrogens is 468 g/mol. The van der Waals surface area contributed by atoms with Crippen LogP contribution < -0.4 is 4.90 Å². The maximum Gasteiger partial charge on any atom is 0.356 e. The maximum atomic E-state index is 13.0. The summed E-state index contributed by atoms with van der Waals surface area (Å²) in [4.78, 5) is 33.9. The topological polar surface area (TPSA) is 85.1 Å². The average Bonchev–Trinajstić information content (AvgIpc) is 3.65. The van der Waals surface area contributed by atoms with Gasteiger partial charge in [-0.25, -0.2) is 9.59 Å². The number of aromatic nitrogens is 2. The molecule has 9 heteroatoms. The van der Waals surface area contributed by atoms with Crippen LogP contribution in [-0.2, 0) is 6.54 Å². The first-order chi connectivity index (χ1) is 17.9. The first-order valence-electron chi connectivity index (χ1n) is 13.8. The number of benzene rings is 1. The van der Waals surface area contributed by atoms with Crippen molar-refractivity contribution in [3.05, 3.63) is 47.3 Å². The van der Waals surface area contributed by atoms with Crippen molar-refractivity contribution in [2.75, 3.05) is 50.7 Å². The lowest BCUT2D eigenvalue weighted by molar-refractivity contribution is 0.0584. The molecule has 2 aromatic rings. The van der Waals surface area contributed by atoms with Crippen LogP contribution in [0.25, 0.3) is 0 Å². The lowest BCUT2D eigenvalue weighted by Gasteiger charge is -2.45. The van der Waals surface area contributed by atoms with Gasteiger partial charge < -0.3 is 14.9 Å². The minimum absolute atomic E-state index is 0.105. The molecule has 6 rings (SSSR count). The van der Waals surface area contributed by atoms with E-state index in [1.54, 1.807) is 0 Å². The zero-order valence-electron chi connectivity index (χ0n) is 21.8. The fourth-order valence-electron chi connectivity index (χ4n) is 7.13. The molecule has 9 nitrogen and oxygen atoms in total. The molecule has 1 N–H and O–H groups in total. The van der Waals surface area contributed by atoms with E-state index in [4.69, 9.17) is 5.11 Å². The quantitative estimate of drug-likeness (QED) is 0.681. The van der Waals surface area contributed by atoms with E-state index in [1.807, 2.05) is 4.90 Å². The third-order valence-electron chi connectivity index (χ3n) is 9.24. The second-order valence-electron chi connectivity index (χ2n) is 11.4. The summed E-state index contributed by atoms with van der Waals surface area (Å²) in [5, 5.41) is 13.1. The minimum Gasteiger partial charge on any atom is -0.476 e. The molecule has 4 aliphatic heterocycles. The Morgan fingerprint density at radius 1 is 1.03 bits per heavy atom. The van der Waals surface area contributed by atoms with Crippen LogP contribution in [0.15, 0.2) is 30.5 Å². The Hall–Kier alpha value is -2.91. The fourth-order valence-corrected chi connectivity index (χ4v) is 7.13. The predicted molar refractivity (Wildman–Crippen MR) is 141 cm³/mol. The SMILES string of the molecule is Cc1ccc(CN2CCCC23CCN(C(=O)n2ccc(C(=O)O)n2)CC3)c(N2CCN3CCC[C@@H]3C2)c1. The molecule has 0 radical (unpaired) electrons. The minimum atomic E-state index is -1.12. The standard InChI is InChI=1S/C28H38N6O3/c1-21-5-6-22(25(18-21)32-17-16-30-11-2-4-23(30)20-32)19-33-12-3-8-28(33)9-14-31(15-10-28)27(37)34-13-7-24(29-34)26(35)36/h5-7,13,18,23H,2-4,8-12,14-17,19-20H2,1H3,(H,35,36)/t23-/m1/s1. The predicted octanol–water partition coefficient (Wildman–Crippen LogP) is 3.27. The summed E-state index contributed by atoms with van der Waals surface area (Å²) in [6.07, 6.45) is 8.33. The Morgan fingerprint density at radius 2 is 1.86 bits per heavy atom. The van der Waals surface area contributed by atoms with E-state index in [1.165, 1.54) is 67.9 Å². The summed E-state index contributed by atoms with van der Waals surface area (Å²) in [5.41, 5.74) is 4.18. The van der Waals surface area contributed by atoms with E-state index in [9.17, 15) is 9.59 Å². The van der Waals surface area contributed by atoms with Crippen molar-refractivity contribution in [3.63, 3.8) is 0 Å². The number of carboxylic acids is 1. The Kier molecular flexibility index (Phi) is 6.44. The van der Waals surface area contributed by atoms with Crippen LogP contribution >= 0.6 is 0 Å². The zero-order chi connectivity index (χ0) is 25.6. The number of carbonyl (C=O) groups excluding carboxylic acids is 1. The number of hydrogen-bond donors (Lipinski definition) is 1. The number of likely N-dealkylation sites (tertiary alicyclic amines) is 2. The summed E-state index contributed by atoms with van der Waals surface area (Å²) < 4.78 is 1.16. The van der Waals surface area contributed by atoms with Crippen molar-refractivity contribution >= 4 is 17.7 Å². The van der Waals surface area contributed by atoms with Crippen molar-refractivity contribution < 1.29 is 14.7 Å². The number of piperidine rings is 1. The number of amides is 1. The van der Waals surface area contributed by atoms with Gasteiger partial charge in [0.15, 0.2) is 5.69 Å². The second-order valence-corrected chi connectivity index (χ2v) is 11.4. The van der Waals surface area contributed by atoms with E-state index >= 15 is 0 Å². The van der Waals surface area contributed by atoms with Crippen LogP contribution in [0.4, 0.5) is 10.5 Å². The molecule has 1 amide bonds. The van der Waals surface area contributed by atoms with E-state index < -0.39 is 5.97 Å². The van der Waals surface area contributed by atoms with Gasteiger partial charge in [0.05, 0.1) is 0 Å². The Morgan fingerprint density at radius 3 is 2.65 bits per heavy atom. The number of aromatic carboxylic acids is 1. The van der Waals surface area contributed by atoms with Crippen molar-refractivity contribution in [2.24, 2.45) is 0 Å². The summed E-state index contributed by atoms with van der Waals surface area (Å²) in [5.74, 6) is -1.12. The van der Waals surface area contributed by atoms with E-state index in [0.717, 1.165) is 43.7 Å². The van der Waals surface area contributed by atoms with Gasteiger partial charge in [-0.05, 0) is 81.8 Å². The number of carbonyl (C=O) groups is 2. The van der Waals surface area contributed by atoms with Gasteiger partial charge in [0, 0.05) is 62.7 Å². The lowest BCUT2D eigenvalue weighted by Crippen LogP contribution is -2.54. The molecule has 4 saturated heterocycles. The molecular formula is C28H38N6O3. The van der Waals surface area contributed by atoms with Gasteiger partial charge in [-0.1, -0.05) is 12.1 Å². The maximum absolute atomic E-state index is 13.0. The van der Waals surface area contributed by atoms with Gasteiger partial charge in [-0.3, -0.25) is 9.80 Å². The van der Waals surface area contributed by atoms with Crippen LogP contribution in [-0.4, -0.2) is 99.0 Å². The second kappa shape index (κ2) is 9.76. The Bertz CT molecular complexity index is 1170. The Labute approximate surface area is 218 Å². The zero-order valence-corrected chi connectivity index (χ0v) is 21.8. The highest BCUT2D eigenvalue weighted by atomic mass is 16.4. The molecule has 198 valence electrons. The smallest absolute Gasteiger partial charge is 0.356 e. The lowest BCUT2D eigenvalue weighted by atomic mass is 9.84. The van der Waals surface area contributed by atoms with E-state index in [0.29, 0.717) is 19.1 Å². The number of piperazine rings is 1. The number of anilines is 1. The summed E-state index contributed by atoms with van der Waals surface area (Å²) in [6.45, 7) is 10.2. The van der Waals surface area contributed by atoms with Crippen molar-refractivity contribution in [3.8, 4) is 0 Å². The van der Waals surface area contributed by atoms with Gasteiger partial charge in [0.2, 0.25) is 0 Å². The van der Waals surface area contributed by atoms with E-state index in [2.05, 4.69) is 44.9 Å². The van der Waals surface area contributed by atoms with Crippen LogP contribution in [0.1, 0.15) is 60.1 Å². The fraction of sp³-hybridized carbons (Fsp3) is 0.607. The highest BCUT2D eigenvalue weighted by molar-refractivity contribution is 5.86. The van der Waals surface area contributed by atoms with Gasteiger partial charge in [0.1, 0.15) is 0 Å². The third kappa shape index (κ3) is 4.63. The van der Waals surface area contributed by atoms with Crippen LogP contribution in [0.3, 0.4) is 0 Å². The number of rotatable bonds is 4. The highest BCUT2D eigenvalue weighted by Crippen LogP contribution is 2.41. The molecule has 1 aromatic heterocycles. The summed E-state index contributed by atoms with van der Waals surface area (Å²) in [7, 11) is 0. The average molecular weight is 507 g/mol. The Balaban J connectivity index is 1.15. The summed E-state index contributed by atoms with van der Waals surface area (Å²) >= 11 is 0. The van der Waals surface area contributed by atoms with Gasteiger partial charge in [0.25, 0.3) is 0 Å². The van der Waals surface area contributed by atoms with Gasteiger partial charge >= 0.3 is 12.0 Å². The molecule has 0 unspecified atom stereocenters. The van der Waals surface area contributed by atoms with Crippen LogP contribution in [0.5, 0.6) is 0 Å². The largest absolute Gasteiger partial charge is 0.476 e. The number of nitrogens with zero attached hydrogens (tertiary/aromatic N) is 6. The van der Waals surface area contributed by atoms with Crippen LogP contribution in [0.2, 0.25) is 0 Å². The monoisotopic (exact) mass is 506 g/mol. The van der Waals surface area contributed by atoms with Crippen LogP contribution in [0, 0.1) is 6.92 Å². The van der Waals surface area contributed by atoms with Crippen molar-refractivity contribution in [1.82, 2.24) is 24.5 Å². The summed E-state index contributed by atoms with van der Waals surface area (Å²) in [6, 6.07) is 8.82. The molecule has 0 saturated carbocycles. The normalized spacial score (nSPS) is 24.1. The highest BCUT2D eigenvalue weighted by Gasteiger charge is 2.44. The third-order valence-corrected chi connectivity index (χ3v) is 9.24. The first kappa shape index (κ1) is 24.4. The molecule has 37 heavy (non-hydrogen) atoms. The molecule has 1 aromatic carbocycles. The molecule has 4 aliphatic rings. The molecule has 0 bridgehead atoms.